The summed E-state index contributed by atoms with van der Waals surface area (Å²) in [4.78, 5) is 36.7. The second kappa shape index (κ2) is 10.1. The first-order valence-corrected chi connectivity index (χ1v) is 11.3. The molecule has 2 aromatic carbocycles. The molecule has 2 aromatic rings. The molecule has 1 aliphatic rings. The van der Waals surface area contributed by atoms with E-state index in [0.717, 1.165) is 22.3 Å². The summed E-state index contributed by atoms with van der Waals surface area (Å²) in [7, 11) is 0. The highest BCUT2D eigenvalue weighted by Crippen LogP contribution is 2.44. The monoisotopic (exact) mass is 452 g/mol. The van der Waals surface area contributed by atoms with Crippen molar-refractivity contribution < 1.29 is 24.2 Å². The molecular formula is C26H32N2O5. The first-order valence-electron chi connectivity index (χ1n) is 11.3. The van der Waals surface area contributed by atoms with Gasteiger partial charge in [-0.25, -0.2) is 4.79 Å². The van der Waals surface area contributed by atoms with Crippen LogP contribution in [0.2, 0.25) is 0 Å². The van der Waals surface area contributed by atoms with Crippen molar-refractivity contribution in [2.45, 2.75) is 46.1 Å². The largest absolute Gasteiger partial charge is 0.481 e. The molecule has 7 nitrogen and oxygen atoms in total. The van der Waals surface area contributed by atoms with Gasteiger partial charge in [-0.15, -0.1) is 0 Å². The molecule has 0 aliphatic heterocycles. The number of hydrogen-bond acceptors (Lipinski definition) is 4. The summed E-state index contributed by atoms with van der Waals surface area (Å²) < 4.78 is 5.58. The van der Waals surface area contributed by atoms with E-state index in [1.807, 2.05) is 57.2 Å². The number of nitrogens with one attached hydrogen (secondary N) is 2. The Morgan fingerprint density at radius 1 is 1.00 bits per heavy atom. The van der Waals surface area contributed by atoms with Crippen LogP contribution in [0.3, 0.4) is 0 Å². The molecule has 0 spiro atoms. The number of aliphatic carboxylic acids is 1. The summed E-state index contributed by atoms with van der Waals surface area (Å²) in [5, 5.41) is 14.5. The number of carbonyl (C=O) groups is 3. The molecular weight excluding hydrogens is 420 g/mol. The number of amides is 2. The van der Waals surface area contributed by atoms with Gasteiger partial charge in [-0.1, -0.05) is 76.2 Å². The summed E-state index contributed by atoms with van der Waals surface area (Å²) in [6, 6.07) is 15.3. The Balaban J connectivity index is 1.66. The highest BCUT2D eigenvalue weighted by Gasteiger charge is 2.35. The van der Waals surface area contributed by atoms with E-state index in [0.29, 0.717) is 6.42 Å². The fourth-order valence-electron chi connectivity index (χ4n) is 4.17. The van der Waals surface area contributed by atoms with E-state index in [1.165, 1.54) is 0 Å². The molecule has 3 rings (SSSR count). The molecule has 1 unspecified atom stereocenters. The van der Waals surface area contributed by atoms with Gasteiger partial charge in [0.15, 0.2) is 0 Å². The summed E-state index contributed by atoms with van der Waals surface area (Å²) in [5.41, 5.74) is 3.89. The van der Waals surface area contributed by atoms with Gasteiger partial charge in [-0.3, -0.25) is 9.59 Å². The Kier molecular flexibility index (Phi) is 7.41. The van der Waals surface area contributed by atoms with E-state index in [9.17, 15) is 19.5 Å². The SMILES string of the molecule is CCC(CNC(=O)[C@H](NC(=O)OCC1c2ccccc2-c2ccccc21)C(C)(C)C)C(=O)O. The normalized spacial score (nSPS) is 14.5. The Hall–Kier alpha value is -3.35. The first kappa shape index (κ1) is 24.3. The lowest BCUT2D eigenvalue weighted by molar-refractivity contribution is -0.141. The molecule has 0 fully saturated rings. The molecule has 0 bridgehead atoms. The molecule has 1 aliphatic carbocycles. The standard InChI is InChI=1S/C26H32N2O5/c1-5-16(24(30)31)14-27-23(29)22(26(2,3)4)28-25(32)33-15-21-19-12-8-6-10-17(19)18-11-7-9-13-20(18)21/h6-13,16,21-22H,5,14-15H2,1-4H3,(H,27,29)(H,28,32)(H,30,31)/t16?,22-/m0/s1. The number of rotatable bonds is 8. The first-order chi connectivity index (χ1) is 15.6. The molecule has 0 saturated carbocycles. The van der Waals surface area contributed by atoms with Gasteiger partial charge in [0.05, 0.1) is 5.92 Å². The van der Waals surface area contributed by atoms with Gasteiger partial charge in [0, 0.05) is 12.5 Å². The van der Waals surface area contributed by atoms with Crippen molar-refractivity contribution >= 4 is 18.0 Å². The molecule has 0 heterocycles. The van der Waals surface area contributed by atoms with E-state index in [4.69, 9.17) is 4.74 Å². The minimum Gasteiger partial charge on any atom is -0.481 e. The molecule has 2 atom stereocenters. The predicted molar refractivity (Wildman–Crippen MR) is 126 cm³/mol. The number of carboxylic acid groups (broad SMARTS) is 1. The van der Waals surface area contributed by atoms with Crippen LogP contribution < -0.4 is 10.6 Å². The number of hydrogen-bond donors (Lipinski definition) is 3. The van der Waals surface area contributed by atoms with E-state index in [2.05, 4.69) is 22.8 Å². The van der Waals surface area contributed by atoms with Gasteiger partial charge >= 0.3 is 12.1 Å². The zero-order chi connectivity index (χ0) is 24.2. The van der Waals surface area contributed by atoms with Crippen LogP contribution in [0.25, 0.3) is 11.1 Å². The molecule has 0 saturated heterocycles. The van der Waals surface area contributed by atoms with Gasteiger partial charge in [0.1, 0.15) is 12.6 Å². The smallest absolute Gasteiger partial charge is 0.407 e. The zero-order valence-corrected chi connectivity index (χ0v) is 19.6. The molecule has 176 valence electrons. The quantitative estimate of drug-likeness (QED) is 0.558. The van der Waals surface area contributed by atoms with Gasteiger partial charge in [-0.05, 0) is 34.1 Å². The second-order valence-corrected chi connectivity index (χ2v) is 9.46. The van der Waals surface area contributed by atoms with Crippen LogP contribution in [0, 0.1) is 11.3 Å². The fraction of sp³-hybridized carbons (Fsp3) is 0.423. The highest BCUT2D eigenvalue weighted by atomic mass is 16.5. The van der Waals surface area contributed by atoms with Crippen LogP contribution >= 0.6 is 0 Å². The summed E-state index contributed by atoms with van der Waals surface area (Å²) in [5.74, 6) is -2.15. The van der Waals surface area contributed by atoms with Gasteiger partial charge in [0.25, 0.3) is 0 Å². The number of ether oxygens (including phenoxy) is 1. The topological polar surface area (TPSA) is 105 Å². The van der Waals surface area contributed by atoms with Crippen molar-refractivity contribution in [1.82, 2.24) is 10.6 Å². The maximum Gasteiger partial charge on any atom is 0.407 e. The van der Waals surface area contributed by atoms with Crippen molar-refractivity contribution in [3.8, 4) is 11.1 Å². The lowest BCUT2D eigenvalue weighted by Crippen LogP contribution is -2.54. The molecule has 33 heavy (non-hydrogen) atoms. The zero-order valence-electron chi connectivity index (χ0n) is 19.6. The molecule has 0 aromatic heterocycles. The van der Waals surface area contributed by atoms with E-state index in [-0.39, 0.29) is 19.1 Å². The van der Waals surface area contributed by atoms with Gasteiger partial charge < -0.3 is 20.5 Å². The van der Waals surface area contributed by atoms with Gasteiger partial charge in [0.2, 0.25) is 5.91 Å². The fourth-order valence-corrected chi connectivity index (χ4v) is 4.17. The molecule has 7 heteroatoms. The third kappa shape index (κ3) is 5.53. The predicted octanol–water partition coefficient (Wildman–Crippen LogP) is 4.17. The number of alkyl carbamates (subject to hydrolysis) is 1. The average Bonchev–Trinajstić information content (AvgIpc) is 3.09. The van der Waals surface area contributed by atoms with Crippen LogP contribution in [0.5, 0.6) is 0 Å². The maximum atomic E-state index is 12.8. The lowest BCUT2D eigenvalue weighted by atomic mass is 9.86. The van der Waals surface area contributed by atoms with Crippen LogP contribution in [-0.2, 0) is 14.3 Å². The van der Waals surface area contributed by atoms with E-state index < -0.39 is 35.3 Å². The van der Waals surface area contributed by atoms with Crippen molar-refractivity contribution in [1.29, 1.82) is 0 Å². The molecule has 3 N–H and O–H groups in total. The maximum absolute atomic E-state index is 12.8. The Morgan fingerprint density at radius 2 is 1.55 bits per heavy atom. The van der Waals surface area contributed by atoms with Gasteiger partial charge in [-0.2, -0.15) is 0 Å². The number of carboxylic acids is 1. The summed E-state index contributed by atoms with van der Waals surface area (Å²) in [6.45, 7) is 7.39. The van der Waals surface area contributed by atoms with Crippen molar-refractivity contribution in [2.24, 2.45) is 11.3 Å². The second-order valence-electron chi connectivity index (χ2n) is 9.46. The van der Waals surface area contributed by atoms with Crippen molar-refractivity contribution in [3.63, 3.8) is 0 Å². The Bertz CT molecular complexity index is 982. The number of fused-ring (bicyclic) bond motifs is 3. The summed E-state index contributed by atoms with van der Waals surface area (Å²) >= 11 is 0. The number of carbonyl (C=O) groups excluding carboxylic acids is 2. The number of benzene rings is 2. The lowest BCUT2D eigenvalue weighted by Gasteiger charge is -2.30. The minimum atomic E-state index is -0.963. The average molecular weight is 453 g/mol. The van der Waals surface area contributed by atoms with E-state index >= 15 is 0 Å². The van der Waals surface area contributed by atoms with Crippen LogP contribution in [0.4, 0.5) is 4.79 Å². The molecule has 2 amide bonds. The van der Waals surface area contributed by atoms with Crippen LogP contribution in [0.15, 0.2) is 48.5 Å². The Labute approximate surface area is 194 Å². The van der Waals surface area contributed by atoms with Crippen LogP contribution in [0.1, 0.15) is 51.2 Å². The van der Waals surface area contributed by atoms with E-state index in [1.54, 1.807) is 6.92 Å². The third-order valence-corrected chi connectivity index (χ3v) is 6.10. The minimum absolute atomic E-state index is 0.00359. The summed E-state index contributed by atoms with van der Waals surface area (Å²) in [6.07, 6.45) is -0.285. The van der Waals surface area contributed by atoms with Crippen molar-refractivity contribution in [2.75, 3.05) is 13.2 Å². The highest BCUT2D eigenvalue weighted by molar-refractivity contribution is 5.87. The molecule has 0 radical (unpaired) electrons. The third-order valence-electron chi connectivity index (χ3n) is 6.10. The Morgan fingerprint density at radius 3 is 2.03 bits per heavy atom. The van der Waals surface area contributed by atoms with Crippen molar-refractivity contribution in [3.05, 3.63) is 59.7 Å². The van der Waals surface area contributed by atoms with Crippen LogP contribution in [-0.4, -0.2) is 42.3 Å².